The largest absolute Gasteiger partial charge is 0.496 e. The molecule has 7 heteroatoms. The van der Waals surface area contributed by atoms with E-state index >= 15 is 0 Å². The molecule has 0 aliphatic rings. The van der Waals surface area contributed by atoms with Crippen LogP contribution in [0.5, 0.6) is 5.75 Å². The second kappa shape index (κ2) is 10.4. The number of anilines is 1. The van der Waals surface area contributed by atoms with Crippen molar-refractivity contribution in [2.45, 2.75) is 64.6 Å². The van der Waals surface area contributed by atoms with Crippen LogP contribution in [0.4, 0.5) is 5.69 Å². The minimum Gasteiger partial charge on any atom is -0.496 e. The number of Topliss-reactive ketones (excluding diaryl/α,β-unsaturated/α-hetero) is 1. The summed E-state index contributed by atoms with van der Waals surface area (Å²) in [5.41, 5.74) is 9.63. The Hall–Kier alpha value is -1.96. The minimum absolute atomic E-state index is 0.127. The number of nitrogens with one attached hydrogen (secondary N) is 2. The molecule has 0 heterocycles. The van der Waals surface area contributed by atoms with Crippen LogP contribution < -0.4 is 26.8 Å². The summed E-state index contributed by atoms with van der Waals surface area (Å²) < 4.78 is 5.30. The lowest BCUT2D eigenvalue weighted by Gasteiger charge is -2.21. The van der Waals surface area contributed by atoms with Gasteiger partial charge in [0.05, 0.1) is 18.7 Å². The molecule has 1 amide bonds. The maximum atomic E-state index is 12.7. The lowest BCUT2D eigenvalue weighted by molar-refractivity contribution is -0.441. The maximum absolute atomic E-state index is 12.7. The summed E-state index contributed by atoms with van der Waals surface area (Å²) in [5.74, 6) is 0.197. The molecule has 7 nitrogen and oxygen atoms in total. The molecule has 0 bridgehead atoms. The zero-order valence-electron chi connectivity index (χ0n) is 17.2. The zero-order valence-corrected chi connectivity index (χ0v) is 17.2. The molecular weight excluding hydrogens is 344 g/mol. The SMILES string of the molecule is COc1ccc(NC(=O)C(CCCCN)NC(C)C)cc1C(=O)C(C)(C)[NH3+]. The first kappa shape index (κ1) is 23.1. The van der Waals surface area contributed by atoms with Gasteiger partial charge in [-0.05, 0) is 51.4 Å². The third-order valence-corrected chi connectivity index (χ3v) is 4.12. The number of rotatable bonds is 11. The summed E-state index contributed by atoms with van der Waals surface area (Å²) in [7, 11) is 1.51. The Labute approximate surface area is 162 Å². The van der Waals surface area contributed by atoms with E-state index < -0.39 is 5.54 Å². The normalized spacial score (nSPS) is 12.7. The third kappa shape index (κ3) is 7.28. The molecule has 0 fully saturated rings. The number of ether oxygens (including phenoxy) is 1. The molecule has 27 heavy (non-hydrogen) atoms. The zero-order chi connectivity index (χ0) is 20.6. The van der Waals surface area contributed by atoms with Crippen LogP contribution in [0, 0.1) is 0 Å². The van der Waals surface area contributed by atoms with E-state index in [-0.39, 0.29) is 23.8 Å². The molecule has 7 N–H and O–H groups in total. The lowest BCUT2D eigenvalue weighted by Crippen LogP contribution is -2.73. The van der Waals surface area contributed by atoms with Crippen LogP contribution >= 0.6 is 0 Å². The average molecular weight is 380 g/mol. The van der Waals surface area contributed by atoms with Crippen LogP contribution in [0.1, 0.15) is 57.3 Å². The van der Waals surface area contributed by atoms with E-state index in [1.807, 2.05) is 13.8 Å². The van der Waals surface area contributed by atoms with E-state index in [9.17, 15) is 9.59 Å². The highest BCUT2D eigenvalue weighted by Crippen LogP contribution is 2.25. The summed E-state index contributed by atoms with van der Waals surface area (Å²) in [6.45, 7) is 8.12. The summed E-state index contributed by atoms with van der Waals surface area (Å²) in [5, 5.41) is 6.20. The Kier molecular flexibility index (Phi) is 8.88. The molecule has 0 saturated heterocycles. The number of hydrogen-bond donors (Lipinski definition) is 4. The first-order valence-corrected chi connectivity index (χ1v) is 9.45. The van der Waals surface area contributed by atoms with Crippen molar-refractivity contribution in [1.29, 1.82) is 0 Å². The van der Waals surface area contributed by atoms with Crippen molar-refractivity contribution in [3.05, 3.63) is 23.8 Å². The highest BCUT2D eigenvalue weighted by molar-refractivity contribution is 6.05. The second-order valence-corrected chi connectivity index (χ2v) is 7.78. The highest BCUT2D eigenvalue weighted by atomic mass is 16.5. The number of carbonyl (C=O) groups excluding carboxylic acids is 2. The topological polar surface area (TPSA) is 121 Å². The van der Waals surface area contributed by atoms with Crippen molar-refractivity contribution in [1.82, 2.24) is 5.32 Å². The molecule has 0 aliphatic carbocycles. The standard InChI is InChI=1S/C20H34N4O3/c1-13(2)23-16(8-6-7-11-21)19(26)24-14-9-10-17(27-5)15(12-14)18(25)20(3,4)22/h9-10,12-13,16,23H,6-8,11,21-22H2,1-5H3,(H,24,26)/p+1. The summed E-state index contributed by atoms with van der Waals surface area (Å²) in [6, 6.07) is 4.93. The molecule has 0 saturated carbocycles. The van der Waals surface area contributed by atoms with E-state index in [2.05, 4.69) is 16.4 Å². The van der Waals surface area contributed by atoms with Crippen LogP contribution in [0.25, 0.3) is 0 Å². The van der Waals surface area contributed by atoms with Crippen molar-refractivity contribution >= 4 is 17.4 Å². The fraction of sp³-hybridized carbons (Fsp3) is 0.600. The first-order valence-electron chi connectivity index (χ1n) is 9.45. The third-order valence-electron chi connectivity index (χ3n) is 4.12. The van der Waals surface area contributed by atoms with Crippen molar-refractivity contribution < 1.29 is 20.1 Å². The Balaban J connectivity index is 3.01. The molecule has 1 unspecified atom stereocenters. The molecular formula is C20H35N4O3+. The van der Waals surface area contributed by atoms with E-state index in [0.29, 0.717) is 30.0 Å². The summed E-state index contributed by atoms with van der Waals surface area (Å²) >= 11 is 0. The van der Waals surface area contributed by atoms with Gasteiger partial charge in [-0.2, -0.15) is 0 Å². The number of benzene rings is 1. The Morgan fingerprint density at radius 2 is 1.93 bits per heavy atom. The van der Waals surface area contributed by atoms with Crippen molar-refractivity contribution in [3.63, 3.8) is 0 Å². The minimum atomic E-state index is -0.792. The summed E-state index contributed by atoms with van der Waals surface area (Å²) in [6.07, 6.45) is 2.45. The lowest BCUT2D eigenvalue weighted by atomic mass is 9.93. The van der Waals surface area contributed by atoms with Gasteiger partial charge in [-0.1, -0.05) is 20.3 Å². The molecule has 1 aromatic carbocycles. The first-order chi connectivity index (χ1) is 12.6. The predicted molar refractivity (Wildman–Crippen MR) is 108 cm³/mol. The number of unbranched alkanes of at least 4 members (excludes halogenated alkanes) is 1. The van der Waals surface area contributed by atoms with Crippen molar-refractivity contribution in [2.24, 2.45) is 5.73 Å². The number of nitrogens with two attached hydrogens (primary N) is 1. The molecule has 0 spiro atoms. The van der Waals surface area contributed by atoms with Gasteiger partial charge in [-0.3, -0.25) is 9.59 Å². The van der Waals surface area contributed by atoms with Gasteiger partial charge < -0.3 is 26.8 Å². The van der Waals surface area contributed by atoms with Gasteiger partial charge in [0, 0.05) is 11.7 Å². The molecule has 0 aliphatic heterocycles. The van der Waals surface area contributed by atoms with E-state index in [4.69, 9.17) is 10.5 Å². The quantitative estimate of drug-likeness (QED) is 0.341. The Morgan fingerprint density at radius 1 is 1.26 bits per heavy atom. The summed E-state index contributed by atoms with van der Waals surface area (Å²) in [4.78, 5) is 25.4. The maximum Gasteiger partial charge on any atom is 0.241 e. The van der Waals surface area contributed by atoms with Crippen LogP contribution in [0.2, 0.25) is 0 Å². The van der Waals surface area contributed by atoms with Crippen LogP contribution in [-0.2, 0) is 4.79 Å². The Bertz CT molecular complexity index is 639. The number of amides is 1. The number of methoxy groups -OCH3 is 1. The van der Waals surface area contributed by atoms with E-state index in [0.717, 1.165) is 12.8 Å². The van der Waals surface area contributed by atoms with Gasteiger partial charge in [-0.25, -0.2) is 0 Å². The molecule has 1 aromatic rings. The van der Waals surface area contributed by atoms with Gasteiger partial charge in [-0.15, -0.1) is 0 Å². The van der Waals surface area contributed by atoms with Crippen molar-refractivity contribution in [3.8, 4) is 5.75 Å². The number of carbonyl (C=O) groups is 2. The van der Waals surface area contributed by atoms with Crippen LogP contribution in [0.3, 0.4) is 0 Å². The molecule has 152 valence electrons. The molecule has 1 rings (SSSR count). The predicted octanol–water partition coefficient (Wildman–Crippen LogP) is 1.33. The second-order valence-electron chi connectivity index (χ2n) is 7.78. The van der Waals surface area contributed by atoms with E-state index in [1.54, 1.807) is 32.0 Å². The Morgan fingerprint density at radius 3 is 2.44 bits per heavy atom. The fourth-order valence-electron chi connectivity index (χ4n) is 2.74. The molecule has 0 radical (unpaired) electrons. The van der Waals surface area contributed by atoms with E-state index in [1.165, 1.54) is 7.11 Å². The van der Waals surface area contributed by atoms with Crippen LogP contribution in [0.15, 0.2) is 18.2 Å². The van der Waals surface area contributed by atoms with Crippen molar-refractivity contribution in [2.75, 3.05) is 19.0 Å². The smallest absolute Gasteiger partial charge is 0.241 e. The van der Waals surface area contributed by atoms with Crippen LogP contribution in [-0.4, -0.2) is 43.0 Å². The van der Waals surface area contributed by atoms with Gasteiger partial charge in [0.2, 0.25) is 11.7 Å². The van der Waals surface area contributed by atoms with Gasteiger partial charge in [0.1, 0.15) is 5.75 Å². The fourth-order valence-corrected chi connectivity index (χ4v) is 2.74. The van der Waals surface area contributed by atoms with Gasteiger partial charge in [0.15, 0.2) is 5.54 Å². The monoisotopic (exact) mass is 379 g/mol. The number of quaternary nitrogens is 1. The highest BCUT2D eigenvalue weighted by Gasteiger charge is 2.30. The van der Waals surface area contributed by atoms with Gasteiger partial charge in [0.25, 0.3) is 0 Å². The van der Waals surface area contributed by atoms with Gasteiger partial charge >= 0.3 is 0 Å². The molecule has 1 atom stereocenters. The molecule has 0 aromatic heterocycles. The number of hydrogen-bond acceptors (Lipinski definition) is 5. The average Bonchev–Trinajstić information content (AvgIpc) is 2.59. The number of ketones is 1.